The molecule has 0 aliphatic carbocycles. The van der Waals surface area contributed by atoms with Crippen molar-refractivity contribution in [1.82, 2.24) is 0 Å². The Morgan fingerprint density at radius 3 is 2.44 bits per heavy atom. The van der Waals surface area contributed by atoms with Crippen LogP contribution in [0.4, 0.5) is 0 Å². The molecule has 2 aromatic rings. The summed E-state index contributed by atoms with van der Waals surface area (Å²) in [6.07, 6.45) is 0. The highest BCUT2D eigenvalue weighted by molar-refractivity contribution is 5.34. The van der Waals surface area contributed by atoms with Crippen molar-refractivity contribution in [3.05, 3.63) is 59.7 Å². The van der Waals surface area contributed by atoms with Gasteiger partial charge in [0.25, 0.3) is 0 Å². The standard InChI is InChI=1S/C15H13NO2/c1-17-14-3-2-4-15(9-14)18-11-13-7-5-12(10-16)6-8-13/h2-9H,11H2,1H3. The van der Waals surface area contributed by atoms with Crippen LogP contribution in [-0.2, 0) is 6.61 Å². The van der Waals surface area contributed by atoms with Crippen molar-refractivity contribution < 1.29 is 9.47 Å². The third kappa shape index (κ3) is 3.02. The van der Waals surface area contributed by atoms with Crippen molar-refractivity contribution in [1.29, 1.82) is 5.26 Å². The van der Waals surface area contributed by atoms with Crippen molar-refractivity contribution in [3.8, 4) is 17.6 Å². The minimum atomic E-state index is 0.471. The van der Waals surface area contributed by atoms with E-state index in [1.54, 1.807) is 19.2 Å². The lowest BCUT2D eigenvalue weighted by molar-refractivity contribution is 0.303. The minimum Gasteiger partial charge on any atom is -0.497 e. The topological polar surface area (TPSA) is 42.2 Å². The van der Waals surface area contributed by atoms with Crippen LogP contribution in [0, 0.1) is 11.3 Å². The molecule has 0 aliphatic heterocycles. The molecular formula is C15H13NO2. The second-order valence-electron chi connectivity index (χ2n) is 3.78. The van der Waals surface area contributed by atoms with E-state index in [0.717, 1.165) is 17.1 Å². The minimum absolute atomic E-state index is 0.471. The van der Waals surface area contributed by atoms with Gasteiger partial charge in [-0.25, -0.2) is 0 Å². The average molecular weight is 239 g/mol. The molecule has 0 saturated heterocycles. The van der Waals surface area contributed by atoms with E-state index in [0.29, 0.717) is 12.2 Å². The van der Waals surface area contributed by atoms with Crippen molar-refractivity contribution in [2.24, 2.45) is 0 Å². The maximum atomic E-state index is 8.70. The molecule has 3 nitrogen and oxygen atoms in total. The van der Waals surface area contributed by atoms with Crippen molar-refractivity contribution in [2.45, 2.75) is 6.61 Å². The van der Waals surface area contributed by atoms with E-state index in [1.165, 1.54) is 0 Å². The smallest absolute Gasteiger partial charge is 0.123 e. The van der Waals surface area contributed by atoms with E-state index < -0.39 is 0 Å². The van der Waals surface area contributed by atoms with Crippen LogP contribution in [0.3, 0.4) is 0 Å². The summed E-state index contributed by atoms with van der Waals surface area (Å²) >= 11 is 0. The Bertz CT molecular complexity index is 555. The number of hydrogen-bond acceptors (Lipinski definition) is 3. The normalized spacial score (nSPS) is 9.56. The van der Waals surface area contributed by atoms with Gasteiger partial charge in [0.05, 0.1) is 18.7 Å². The van der Waals surface area contributed by atoms with Crippen LogP contribution in [0.2, 0.25) is 0 Å². The van der Waals surface area contributed by atoms with Gasteiger partial charge in [0.1, 0.15) is 18.1 Å². The zero-order valence-corrected chi connectivity index (χ0v) is 10.1. The van der Waals surface area contributed by atoms with Crippen LogP contribution in [-0.4, -0.2) is 7.11 Å². The summed E-state index contributed by atoms with van der Waals surface area (Å²) in [7, 11) is 1.62. The van der Waals surface area contributed by atoms with Crippen molar-refractivity contribution in [2.75, 3.05) is 7.11 Å². The maximum absolute atomic E-state index is 8.70. The second-order valence-corrected chi connectivity index (χ2v) is 3.78. The summed E-state index contributed by atoms with van der Waals surface area (Å²) in [6.45, 7) is 0.471. The lowest BCUT2D eigenvalue weighted by Crippen LogP contribution is -1.95. The van der Waals surface area contributed by atoms with Gasteiger partial charge in [0.2, 0.25) is 0 Å². The highest BCUT2D eigenvalue weighted by Gasteiger charge is 1.98. The van der Waals surface area contributed by atoms with Gasteiger partial charge in [-0.05, 0) is 29.8 Å². The molecule has 0 amide bonds. The molecule has 0 radical (unpaired) electrons. The second kappa shape index (κ2) is 5.74. The quantitative estimate of drug-likeness (QED) is 0.823. The van der Waals surface area contributed by atoms with Crippen molar-refractivity contribution >= 4 is 0 Å². The molecule has 0 fully saturated rings. The predicted octanol–water partition coefficient (Wildman–Crippen LogP) is 3.15. The third-order valence-electron chi connectivity index (χ3n) is 2.53. The number of rotatable bonds is 4. The molecule has 0 aromatic heterocycles. The predicted molar refractivity (Wildman–Crippen MR) is 68.5 cm³/mol. The molecule has 2 aromatic carbocycles. The fraction of sp³-hybridized carbons (Fsp3) is 0.133. The summed E-state index contributed by atoms with van der Waals surface area (Å²) in [4.78, 5) is 0. The number of nitriles is 1. The van der Waals surface area contributed by atoms with Crippen LogP contribution in [0.15, 0.2) is 48.5 Å². The van der Waals surface area contributed by atoms with Crippen LogP contribution < -0.4 is 9.47 Å². The zero-order valence-electron chi connectivity index (χ0n) is 10.1. The Kier molecular flexibility index (Phi) is 3.83. The fourth-order valence-corrected chi connectivity index (χ4v) is 1.53. The molecule has 90 valence electrons. The van der Waals surface area contributed by atoms with Gasteiger partial charge >= 0.3 is 0 Å². The summed E-state index contributed by atoms with van der Waals surface area (Å²) in [5.41, 5.74) is 1.68. The Labute approximate surface area is 106 Å². The first-order chi connectivity index (χ1) is 8.81. The molecule has 3 heteroatoms. The number of methoxy groups -OCH3 is 1. The Hall–Kier alpha value is -2.47. The lowest BCUT2D eigenvalue weighted by Gasteiger charge is -2.07. The van der Waals surface area contributed by atoms with E-state index in [1.807, 2.05) is 36.4 Å². The summed E-state index contributed by atoms with van der Waals surface area (Å²) < 4.78 is 10.8. The van der Waals surface area contributed by atoms with Crippen LogP contribution in [0.25, 0.3) is 0 Å². The summed E-state index contributed by atoms with van der Waals surface area (Å²) in [6, 6.07) is 16.9. The number of ether oxygens (including phenoxy) is 2. The first-order valence-electron chi connectivity index (χ1n) is 5.58. The number of benzene rings is 2. The molecule has 0 unspecified atom stereocenters. The molecule has 0 heterocycles. The highest BCUT2D eigenvalue weighted by Crippen LogP contribution is 2.19. The molecular weight excluding hydrogens is 226 g/mol. The Morgan fingerprint density at radius 2 is 1.78 bits per heavy atom. The van der Waals surface area contributed by atoms with Gasteiger partial charge in [-0.3, -0.25) is 0 Å². The molecule has 0 saturated carbocycles. The van der Waals surface area contributed by atoms with E-state index in [-0.39, 0.29) is 0 Å². The third-order valence-corrected chi connectivity index (χ3v) is 2.53. The van der Waals surface area contributed by atoms with Gasteiger partial charge in [-0.1, -0.05) is 18.2 Å². The van der Waals surface area contributed by atoms with E-state index in [4.69, 9.17) is 14.7 Å². The van der Waals surface area contributed by atoms with E-state index in [9.17, 15) is 0 Å². The SMILES string of the molecule is COc1cccc(OCc2ccc(C#N)cc2)c1. The number of nitrogens with zero attached hydrogens (tertiary/aromatic N) is 1. The molecule has 0 spiro atoms. The molecule has 0 atom stereocenters. The zero-order chi connectivity index (χ0) is 12.8. The fourth-order valence-electron chi connectivity index (χ4n) is 1.53. The maximum Gasteiger partial charge on any atom is 0.123 e. The van der Waals surface area contributed by atoms with Gasteiger partial charge < -0.3 is 9.47 Å². The Morgan fingerprint density at radius 1 is 1.06 bits per heavy atom. The van der Waals surface area contributed by atoms with Crippen molar-refractivity contribution in [3.63, 3.8) is 0 Å². The average Bonchev–Trinajstić information content (AvgIpc) is 2.46. The van der Waals surface area contributed by atoms with Gasteiger partial charge in [-0.15, -0.1) is 0 Å². The molecule has 2 rings (SSSR count). The lowest BCUT2D eigenvalue weighted by atomic mass is 10.2. The Balaban J connectivity index is 2.00. The first-order valence-corrected chi connectivity index (χ1v) is 5.58. The monoisotopic (exact) mass is 239 g/mol. The molecule has 0 aliphatic rings. The number of hydrogen-bond donors (Lipinski definition) is 0. The first kappa shape index (κ1) is 12.0. The van der Waals surface area contributed by atoms with Gasteiger partial charge in [0, 0.05) is 6.07 Å². The van der Waals surface area contributed by atoms with Gasteiger partial charge in [0.15, 0.2) is 0 Å². The van der Waals surface area contributed by atoms with E-state index in [2.05, 4.69) is 6.07 Å². The molecule has 0 bridgehead atoms. The largest absolute Gasteiger partial charge is 0.497 e. The van der Waals surface area contributed by atoms with Crippen LogP contribution >= 0.6 is 0 Å². The van der Waals surface area contributed by atoms with E-state index >= 15 is 0 Å². The molecule has 18 heavy (non-hydrogen) atoms. The summed E-state index contributed by atoms with van der Waals surface area (Å²) in [5.74, 6) is 1.53. The molecule has 0 N–H and O–H groups in total. The summed E-state index contributed by atoms with van der Waals surface area (Å²) in [5, 5.41) is 8.70. The van der Waals surface area contributed by atoms with Gasteiger partial charge in [-0.2, -0.15) is 5.26 Å². The van der Waals surface area contributed by atoms with Crippen LogP contribution in [0.5, 0.6) is 11.5 Å². The highest BCUT2D eigenvalue weighted by atomic mass is 16.5. The van der Waals surface area contributed by atoms with Crippen LogP contribution in [0.1, 0.15) is 11.1 Å².